The summed E-state index contributed by atoms with van der Waals surface area (Å²) >= 11 is 0. The molecule has 1 unspecified atom stereocenters. The van der Waals surface area contributed by atoms with Crippen LogP contribution in [0.1, 0.15) is 33.6 Å². The number of carboxylic acids is 1. The summed E-state index contributed by atoms with van der Waals surface area (Å²) in [4.78, 5) is 9.00. The van der Waals surface area contributed by atoms with Crippen molar-refractivity contribution in [3.8, 4) is 0 Å². The lowest BCUT2D eigenvalue weighted by Crippen LogP contribution is -2.10. The quantitative estimate of drug-likeness (QED) is 0.635. The van der Waals surface area contributed by atoms with E-state index >= 15 is 0 Å². The van der Waals surface area contributed by atoms with Gasteiger partial charge in [-0.1, -0.05) is 13.8 Å². The third-order valence-electron chi connectivity index (χ3n) is 0.864. The highest BCUT2D eigenvalue weighted by Crippen LogP contribution is 1.92. The van der Waals surface area contributed by atoms with E-state index in [2.05, 4.69) is 0 Å². The Balaban J connectivity index is 0. The van der Waals surface area contributed by atoms with E-state index in [4.69, 9.17) is 19.7 Å². The molecule has 0 amide bonds. The zero-order valence-electron chi connectivity index (χ0n) is 7.91. The summed E-state index contributed by atoms with van der Waals surface area (Å²) in [6, 6.07) is 0. The van der Waals surface area contributed by atoms with E-state index in [9.17, 15) is 0 Å². The number of aliphatic hydroxyl groups is 1. The Hall–Kier alpha value is -0.610. The number of carbonyl (C=O) groups is 1. The van der Waals surface area contributed by atoms with Gasteiger partial charge in [-0.2, -0.15) is 0 Å². The lowest BCUT2D eigenvalue weighted by atomic mass is 10.5. The smallest absolute Gasteiger partial charge is 0.300 e. The topological polar surface area (TPSA) is 66.8 Å². The minimum Gasteiger partial charge on any atom is -0.481 e. The first-order valence-electron chi connectivity index (χ1n) is 4.03. The maximum atomic E-state index is 9.00. The number of aliphatic hydroxyl groups excluding tert-OH is 1. The summed E-state index contributed by atoms with van der Waals surface area (Å²) in [6.07, 6.45) is 1.10. The highest BCUT2D eigenvalue weighted by atomic mass is 16.6. The molecule has 4 heteroatoms. The number of hydrogen-bond acceptors (Lipinski definition) is 3. The first-order chi connectivity index (χ1) is 5.54. The van der Waals surface area contributed by atoms with Crippen LogP contribution in [0.4, 0.5) is 0 Å². The number of carboxylic acid groups (broad SMARTS) is 1. The van der Waals surface area contributed by atoms with Crippen LogP contribution in [0.2, 0.25) is 0 Å². The summed E-state index contributed by atoms with van der Waals surface area (Å²) in [5.74, 6) is -0.833. The molecule has 0 saturated heterocycles. The average molecular weight is 178 g/mol. The SMILES string of the molecule is CC(=O)O.CCCOC(O)CC. The van der Waals surface area contributed by atoms with Gasteiger partial charge in [0.15, 0.2) is 6.29 Å². The Morgan fingerprint density at radius 1 is 1.50 bits per heavy atom. The molecule has 0 aromatic carbocycles. The molecule has 2 N–H and O–H groups in total. The minimum atomic E-state index is -0.833. The van der Waals surface area contributed by atoms with Gasteiger partial charge in [0.05, 0.1) is 0 Å². The van der Waals surface area contributed by atoms with Gasteiger partial charge >= 0.3 is 0 Å². The number of rotatable bonds is 4. The molecule has 1 atom stereocenters. The molecule has 0 saturated carbocycles. The van der Waals surface area contributed by atoms with Crippen LogP contribution in [0.15, 0.2) is 0 Å². The van der Waals surface area contributed by atoms with Crippen molar-refractivity contribution in [1.29, 1.82) is 0 Å². The van der Waals surface area contributed by atoms with E-state index in [1.165, 1.54) is 0 Å². The van der Waals surface area contributed by atoms with Crippen molar-refractivity contribution >= 4 is 5.97 Å². The molecule has 0 bridgehead atoms. The van der Waals surface area contributed by atoms with E-state index < -0.39 is 12.3 Å². The van der Waals surface area contributed by atoms with Crippen LogP contribution >= 0.6 is 0 Å². The Bertz CT molecular complexity index is 99.2. The van der Waals surface area contributed by atoms with E-state index in [1.807, 2.05) is 13.8 Å². The molecule has 0 aliphatic heterocycles. The Morgan fingerprint density at radius 2 is 1.92 bits per heavy atom. The second-order valence-electron chi connectivity index (χ2n) is 2.25. The van der Waals surface area contributed by atoms with Crippen molar-refractivity contribution in [2.24, 2.45) is 0 Å². The monoisotopic (exact) mass is 178 g/mol. The molecule has 0 aliphatic rings. The van der Waals surface area contributed by atoms with E-state index in [0.29, 0.717) is 13.0 Å². The molecule has 0 heterocycles. The van der Waals surface area contributed by atoms with Gasteiger partial charge in [0.25, 0.3) is 5.97 Å². The van der Waals surface area contributed by atoms with Crippen molar-refractivity contribution in [2.45, 2.75) is 39.9 Å². The molecule has 74 valence electrons. The number of ether oxygens (including phenoxy) is 1. The lowest BCUT2D eigenvalue weighted by molar-refractivity contribution is -0.134. The van der Waals surface area contributed by atoms with Gasteiger partial charge in [0.1, 0.15) is 0 Å². The summed E-state index contributed by atoms with van der Waals surface area (Å²) in [6.45, 7) is 5.65. The summed E-state index contributed by atoms with van der Waals surface area (Å²) in [7, 11) is 0. The van der Waals surface area contributed by atoms with Crippen molar-refractivity contribution in [1.82, 2.24) is 0 Å². The first-order valence-corrected chi connectivity index (χ1v) is 4.03. The second-order valence-corrected chi connectivity index (χ2v) is 2.25. The molecule has 0 aromatic rings. The molecule has 0 aliphatic carbocycles. The molecular weight excluding hydrogens is 160 g/mol. The molecule has 0 fully saturated rings. The predicted molar refractivity (Wildman–Crippen MR) is 45.9 cm³/mol. The van der Waals surface area contributed by atoms with Gasteiger partial charge < -0.3 is 14.9 Å². The van der Waals surface area contributed by atoms with Gasteiger partial charge in [0, 0.05) is 13.5 Å². The number of aliphatic carboxylic acids is 1. The summed E-state index contributed by atoms with van der Waals surface area (Å²) in [5.41, 5.74) is 0. The van der Waals surface area contributed by atoms with Gasteiger partial charge in [-0.05, 0) is 12.8 Å². The van der Waals surface area contributed by atoms with E-state index in [-0.39, 0.29) is 0 Å². The van der Waals surface area contributed by atoms with Crippen LogP contribution in [-0.4, -0.2) is 29.1 Å². The van der Waals surface area contributed by atoms with Gasteiger partial charge in [0.2, 0.25) is 0 Å². The van der Waals surface area contributed by atoms with Crippen LogP contribution in [0.25, 0.3) is 0 Å². The molecule has 12 heavy (non-hydrogen) atoms. The molecule has 0 aromatic heterocycles. The lowest BCUT2D eigenvalue weighted by Gasteiger charge is -2.06. The Morgan fingerprint density at radius 3 is 2.17 bits per heavy atom. The van der Waals surface area contributed by atoms with Gasteiger partial charge in [-0.15, -0.1) is 0 Å². The van der Waals surface area contributed by atoms with Crippen molar-refractivity contribution < 1.29 is 19.7 Å². The average Bonchev–Trinajstić information content (AvgIpc) is 1.99. The number of hydrogen-bond donors (Lipinski definition) is 2. The minimum absolute atomic E-state index is 0.546. The maximum Gasteiger partial charge on any atom is 0.300 e. The summed E-state index contributed by atoms with van der Waals surface area (Å²) in [5, 5.41) is 16.2. The van der Waals surface area contributed by atoms with Crippen LogP contribution in [0.3, 0.4) is 0 Å². The fraction of sp³-hybridized carbons (Fsp3) is 0.875. The second kappa shape index (κ2) is 10.4. The van der Waals surface area contributed by atoms with Crippen molar-refractivity contribution in [3.05, 3.63) is 0 Å². The van der Waals surface area contributed by atoms with Crippen molar-refractivity contribution in [3.63, 3.8) is 0 Å². The maximum absolute atomic E-state index is 9.00. The predicted octanol–water partition coefficient (Wildman–Crippen LogP) is 1.23. The largest absolute Gasteiger partial charge is 0.481 e. The highest BCUT2D eigenvalue weighted by Gasteiger charge is 1.95. The molecular formula is C8H18O4. The fourth-order valence-electron chi connectivity index (χ4n) is 0.372. The third-order valence-corrected chi connectivity index (χ3v) is 0.864. The third kappa shape index (κ3) is 22.8. The van der Waals surface area contributed by atoms with Crippen molar-refractivity contribution in [2.75, 3.05) is 6.61 Å². The van der Waals surface area contributed by atoms with E-state index in [1.54, 1.807) is 0 Å². The Kier molecular flexibility index (Phi) is 12.1. The molecule has 0 rings (SSSR count). The van der Waals surface area contributed by atoms with Crippen LogP contribution in [0.5, 0.6) is 0 Å². The molecule has 0 spiro atoms. The van der Waals surface area contributed by atoms with Crippen LogP contribution in [0, 0.1) is 0 Å². The first kappa shape index (κ1) is 13.9. The zero-order valence-corrected chi connectivity index (χ0v) is 7.91. The van der Waals surface area contributed by atoms with Gasteiger partial charge in [-0.3, -0.25) is 4.79 Å². The normalized spacial score (nSPS) is 11.3. The standard InChI is InChI=1S/C6H14O2.C2H4O2/c1-3-5-8-6(7)4-2;1-2(3)4/h6-7H,3-5H2,1-2H3;1H3,(H,3,4). The zero-order chi connectivity index (χ0) is 9.98. The molecule has 4 nitrogen and oxygen atoms in total. The highest BCUT2D eigenvalue weighted by molar-refractivity contribution is 5.62. The van der Waals surface area contributed by atoms with E-state index in [0.717, 1.165) is 13.3 Å². The van der Waals surface area contributed by atoms with Crippen LogP contribution in [-0.2, 0) is 9.53 Å². The fourth-order valence-corrected chi connectivity index (χ4v) is 0.372. The summed E-state index contributed by atoms with van der Waals surface area (Å²) < 4.78 is 4.90. The Labute approximate surface area is 73.2 Å². The van der Waals surface area contributed by atoms with Crippen LogP contribution < -0.4 is 0 Å². The molecule has 0 radical (unpaired) electrons. The van der Waals surface area contributed by atoms with Gasteiger partial charge in [-0.25, -0.2) is 0 Å².